The van der Waals surface area contributed by atoms with Crippen molar-refractivity contribution in [1.29, 1.82) is 0 Å². The van der Waals surface area contributed by atoms with Gasteiger partial charge in [-0.15, -0.1) is 0 Å². The highest BCUT2D eigenvalue weighted by molar-refractivity contribution is 5.89. The van der Waals surface area contributed by atoms with Gasteiger partial charge in [0.25, 0.3) is 0 Å². The van der Waals surface area contributed by atoms with Crippen molar-refractivity contribution in [2.24, 2.45) is 0 Å². The molecular formula is C15H21NO2. The Hall–Kier alpha value is -1.35. The minimum atomic E-state index is -0.443. The van der Waals surface area contributed by atoms with Crippen molar-refractivity contribution in [3.05, 3.63) is 35.9 Å². The Balaban J connectivity index is 2.06. The maximum atomic E-state index is 12.3. The van der Waals surface area contributed by atoms with E-state index in [1.165, 1.54) is 0 Å². The van der Waals surface area contributed by atoms with Crippen LogP contribution in [0, 0.1) is 0 Å². The van der Waals surface area contributed by atoms with Gasteiger partial charge in [0.15, 0.2) is 0 Å². The van der Waals surface area contributed by atoms with E-state index in [1.807, 2.05) is 37.3 Å². The molecule has 1 aromatic rings. The van der Waals surface area contributed by atoms with Crippen molar-refractivity contribution in [1.82, 2.24) is 5.32 Å². The molecule has 0 spiro atoms. The number of hydrogen-bond acceptors (Lipinski definition) is 2. The summed E-state index contributed by atoms with van der Waals surface area (Å²) >= 11 is 0. The molecule has 0 radical (unpaired) electrons. The monoisotopic (exact) mass is 247 g/mol. The third kappa shape index (κ3) is 2.41. The molecule has 1 amide bonds. The second-order valence-corrected chi connectivity index (χ2v) is 5.07. The molecule has 1 aromatic carbocycles. The third-order valence-electron chi connectivity index (χ3n) is 3.94. The van der Waals surface area contributed by atoms with Crippen molar-refractivity contribution in [2.45, 2.75) is 44.1 Å². The lowest BCUT2D eigenvalue weighted by atomic mass is 9.64. The second kappa shape index (κ2) is 5.53. The normalized spacial score (nSPS) is 18.8. The van der Waals surface area contributed by atoms with Gasteiger partial charge in [-0.1, -0.05) is 43.7 Å². The minimum Gasteiger partial charge on any atom is -0.391 e. The van der Waals surface area contributed by atoms with Gasteiger partial charge in [-0.3, -0.25) is 4.79 Å². The molecular weight excluding hydrogens is 226 g/mol. The highest BCUT2D eigenvalue weighted by Crippen LogP contribution is 2.43. The van der Waals surface area contributed by atoms with Crippen LogP contribution in [0.2, 0.25) is 0 Å². The van der Waals surface area contributed by atoms with Gasteiger partial charge in [0.1, 0.15) is 0 Å². The SMILES string of the molecule is CCC(O)CNC(=O)C1(c2ccccc2)CCC1. The molecule has 0 aliphatic heterocycles. The molecule has 1 aliphatic carbocycles. The summed E-state index contributed by atoms with van der Waals surface area (Å²) in [7, 11) is 0. The summed E-state index contributed by atoms with van der Waals surface area (Å²) in [5.74, 6) is 0.0625. The number of benzene rings is 1. The number of rotatable bonds is 5. The van der Waals surface area contributed by atoms with E-state index in [1.54, 1.807) is 0 Å². The minimum absolute atomic E-state index is 0.0625. The van der Waals surface area contributed by atoms with E-state index in [9.17, 15) is 9.90 Å². The van der Waals surface area contributed by atoms with Gasteiger partial charge in [0, 0.05) is 6.54 Å². The van der Waals surface area contributed by atoms with Crippen LogP contribution in [-0.2, 0) is 10.2 Å². The molecule has 1 atom stereocenters. The highest BCUT2D eigenvalue weighted by atomic mass is 16.3. The number of nitrogens with one attached hydrogen (secondary N) is 1. The molecule has 1 fully saturated rings. The molecule has 0 aromatic heterocycles. The van der Waals surface area contributed by atoms with E-state index >= 15 is 0 Å². The highest BCUT2D eigenvalue weighted by Gasteiger charge is 2.45. The first-order valence-corrected chi connectivity index (χ1v) is 6.71. The van der Waals surface area contributed by atoms with E-state index in [0.29, 0.717) is 13.0 Å². The molecule has 3 heteroatoms. The lowest BCUT2D eigenvalue weighted by molar-refractivity contribution is -0.130. The molecule has 1 aliphatic rings. The van der Waals surface area contributed by atoms with E-state index in [4.69, 9.17) is 0 Å². The van der Waals surface area contributed by atoms with Crippen molar-refractivity contribution >= 4 is 5.91 Å². The van der Waals surface area contributed by atoms with Crippen LogP contribution in [0.15, 0.2) is 30.3 Å². The molecule has 2 rings (SSSR count). The standard InChI is InChI=1S/C15H21NO2/c1-2-13(17)11-16-14(18)15(9-6-10-15)12-7-4-3-5-8-12/h3-5,7-8,13,17H,2,6,9-11H2,1H3,(H,16,18). The fraction of sp³-hybridized carbons (Fsp3) is 0.533. The van der Waals surface area contributed by atoms with Gasteiger partial charge in [0.05, 0.1) is 11.5 Å². The zero-order valence-corrected chi connectivity index (χ0v) is 10.9. The summed E-state index contributed by atoms with van der Waals surface area (Å²) in [5.41, 5.74) is 0.745. The summed E-state index contributed by atoms with van der Waals surface area (Å²) in [6.07, 6.45) is 3.13. The van der Waals surface area contributed by atoms with Gasteiger partial charge < -0.3 is 10.4 Å². The van der Waals surface area contributed by atoms with E-state index in [0.717, 1.165) is 24.8 Å². The Kier molecular flexibility index (Phi) is 4.02. The van der Waals surface area contributed by atoms with Crippen molar-refractivity contribution in [3.63, 3.8) is 0 Å². The summed E-state index contributed by atoms with van der Waals surface area (Å²) in [6.45, 7) is 2.26. The van der Waals surface area contributed by atoms with Crippen LogP contribution in [0.4, 0.5) is 0 Å². The predicted molar refractivity (Wildman–Crippen MR) is 71.3 cm³/mol. The number of amides is 1. The van der Waals surface area contributed by atoms with Gasteiger partial charge in [-0.25, -0.2) is 0 Å². The zero-order chi connectivity index (χ0) is 13.0. The average Bonchev–Trinajstić information content (AvgIpc) is 2.36. The Morgan fingerprint density at radius 2 is 2.06 bits per heavy atom. The summed E-state index contributed by atoms with van der Waals surface area (Å²) in [4.78, 5) is 12.3. The molecule has 0 bridgehead atoms. The zero-order valence-electron chi connectivity index (χ0n) is 10.9. The molecule has 98 valence electrons. The summed E-state index contributed by atoms with van der Waals surface area (Å²) in [6, 6.07) is 9.96. The van der Waals surface area contributed by atoms with Gasteiger partial charge in [0.2, 0.25) is 5.91 Å². The topological polar surface area (TPSA) is 49.3 Å². The first kappa shape index (κ1) is 13.1. The van der Waals surface area contributed by atoms with Crippen molar-refractivity contribution in [2.75, 3.05) is 6.54 Å². The predicted octanol–water partition coefficient (Wildman–Crippen LogP) is 2.00. The largest absolute Gasteiger partial charge is 0.391 e. The van der Waals surface area contributed by atoms with Crippen molar-refractivity contribution in [3.8, 4) is 0 Å². The van der Waals surface area contributed by atoms with Crippen LogP contribution >= 0.6 is 0 Å². The maximum absolute atomic E-state index is 12.3. The molecule has 18 heavy (non-hydrogen) atoms. The van der Waals surface area contributed by atoms with E-state index in [-0.39, 0.29) is 11.3 Å². The number of aliphatic hydroxyl groups excluding tert-OH is 1. The number of carbonyl (C=O) groups is 1. The summed E-state index contributed by atoms with van der Waals surface area (Å²) in [5, 5.41) is 12.4. The molecule has 1 saturated carbocycles. The van der Waals surface area contributed by atoms with Crippen LogP contribution in [0.1, 0.15) is 38.2 Å². The molecule has 0 heterocycles. The molecule has 2 N–H and O–H groups in total. The molecule has 3 nitrogen and oxygen atoms in total. The fourth-order valence-corrected chi connectivity index (χ4v) is 2.46. The number of carbonyl (C=O) groups excluding carboxylic acids is 1. The lowest BCUT2D eigenvalue weighted by Gasteiger charge is -2.40. The molecule has 0 saturated heterocycles. The van der Waals surface area contributed by atoms with Crippen LogP contribution in [0.25, 0.3) is 0 Å². The lowest BCUT2D eigenvalue weighted by Crippen LogP contribution is -2.50. The Morgan fingerprint density at radius 3 is 2.56 bits per heavy atom. The molecule has 1 unspecified atom stereocenters. The first-order chi connectivity index (χ1) is 8.69. The first-order valence-electron chi connectivity index (χ1n) is 6.71. The smallest absolute Gasteiger partial charge is 0.230 e. The average molecular weight is 247 g/mol. The third-order valence-corrected chi connectivity index (χ3v) is 3.94. The van der Waals surface area contributed by atoms with Gasteiger partial charge >= 0.3 is 0 Å². The fourth-order valence-electron chi connectivity index (χ4n) is 2.46. The van der Waals surface area contributed by atoms with Crippen LogP contribution < -0.4 is 5.32 Å². The van der Waals surface area contributed by atoms with Crippen LogP contribution in [-0.4, -0.2) is 23.7 Å². The Bertz CT molecular complexity index is 398. The maximum Gasteiger partial charge on any atom is 0.230 e. The second-order valence-electron chi connectivity index (χ2n) is 5.07. The Morgan fingerprint density at radius 1 is 1.39 bits per heavy atom. The van der Waals surface area contributed by atoms with E-state index in [2.05, 4.69) is 5.32 Å². The van der Waals surface area contributed by atoms with Crippen LogP contribution in [0.5, 0.6) is 0 Å². The number of hydrogen-bond donors (Lipinski definition) is 2. The van der Waals surface area contributed by atoms with E-state index < -0.39 is 6.10 Å². The van der Waals surface area contributed by atoms with Crippen molar-refractivity contribution < 1.29 is 9.90 Å². The Labute approximate surface area is 108 Å². The van der Waals surface area contributed by atoms with Gasteiger partial charge in [-0.05, 0) is 24.8 Å². The summed E-state index contributed by atoms with van der Waals surface area (Å²) < 4.78 is 0. The van der Waals surface area contributed by atoms with Crippen LogP contribution in [0.3, 0.4) is 0 Å². The van der Waals surface area contributed by atoms with Gasteiger partial charge in [-0.2, -0.15) is 0 Å². The quantitative estimate of drug-likeness (QED) is 0.836. The number of aliphatic hydroxyl groups is 1.